The van der Waals surface area contributed by atoms with Crippen LogP contribution in [0.2, 0.25) is 0 Å². The van der Waals surface area contributed by atoms with Crippen LogP contribution >= 0.6 is 0 Å². The largest absolute Gasteiger partial charge is 0.481 e. The van der Waals surface area contributed by atoms with Crippen molar-refractivity contribution in [3.8, 4) is 0 Å². The van der Waals surface area contributed by atoms with Gasteiger partial charge in [-0.2, -0.15) is 0 Å². The van der Waals surface area contributed by atoms with Gasteiger partial charge in [-0.1, -0.05) is 374 Å². The Morgan fingerprint density at radius 2 is 0.231 bits per heavy atom. The number of aliphatic carboxylic acids is 4. The summed E-state index contributed by atoms with van der Waals surface area (Å²) in [6, 6.07) is 0. The van der Waals surface area contributed by atoms with E-state index in [0.29, 0.717) is 25.7 Å². The number of hydrogen-bond acceptors (Lipinski definition) is 4. The van der Waals surface area contributed by atoms with Crippen LogP contribution in [0, 0.1) is 0 Å². The molecule has 78 heavy (non-hydrogen) atoms. The SMILES string of the molecule is CCCCCCCCCCCCCC(=O)O.CCCCCCCCCCCCCCCC(=O)O.CCCCCCCCCCCCCCCCCC(=O)O.CCCCCCCCCCCCCCCCCCCCCC(=O)O. The van der Waals surface area contributed by atoms with Crippen molar-refractivity contribution in [3.05, 3.63) is 0 Å². The molecule has 0 aromatic rings. The van der Waals surface area contributed by atoms with E-state index in [-0.39, 0.29) is 0 Å². The molecule has 0 saturated carbocycles. The summed E-state index contributed by atoms with van der Waals surface area (Å²) in [5.41, 5.74) is 0. The summed E-state index contributed by atoms with van der Waals surface area (Å²) in [6.07, 6.45) is 77.9. The number of carbonyl (C=O) groups is 4. The van der Waals surface area contributed by atoms with Gasteiger partial charge in [-0.15, -0.1) is 0 Å². The van der Waals surface area contributed by atoms with Crippen molar-refractivity contribution in [2.45, 2.75) is 426 Å². The molecule has 0 aromatic carbocycles. The second-order valence-electron chi connectivity index (χ2n) is 23.7. The average molecular weight is 1110 g/mol. The summed E-state index contributed by atoms with van der Waals surface area (Å²) in [5.74, 6) is -2.62. The van der Waals surface area contributed by atoms with E-state index in [1.54, 1.807) is 0 Å². The number of hydrogen-bond donors (Lipinski definition) is 4. The third-order valence-electron chi connectivity index (χ3n) is 15.5. The van der Waals surface area contributed by atoms with Crippen LogP contribution in [0.15, 0.2) is 0 Å². The molecule has 0 radical (unpaired) electrons. The van der Waals surface area contributed by atoms with Crippen molar-refractivity contribution in [2.24, 2.45) is 0 Å². The molecule has 0 unspecified atom stereocenters. The van der Waals surface area contributed by atoms with Crippen LogP contribution in [0.5, 0.6) is 0 Å². The van der Waals surface area contributed by atoms with Gasteiger partial charge in [0.15, 0.2) is 0 Å². The zero-order valence-electron chi connectivity index (χ0n) is 53.3. The predicted octanol–water partition coefficient (Wildman–Crippen LogP) is 24.5. The lowest BCUT2D eigenvalue weighted by Gasteiger charge is -2.03. The Hall–Kier alpha value is -2.12. The van der Waals surface area contributed by atoms with Crippen LogP contribution in [-0.4, -0.2) is 44.3 Å². The van der Waals surface area contributed by atoms with E-state index in [1.165, 1.54) is 321 Å². The lowest BCUT2D eigenvalue weighted by atomic mass is 10.0. The van der Waals surface area contributed by atoms with Gasteiger partial charge >= 0.3 is 23.9 Å². The molecule has 0 aliphatic carbocycles. The van der Waals surface area contributed by atoms with E-state index >= 15 is 0 Å². The minimum atomic E-state index is -0.657. The standard InChI is InChI=1S/C22H44O2.C18H36O2.C16H32O2.C14H28O2/c1-2-3-4-5-6-7-8-9-10-11-12-13-14-15-16-17-18-19-20-21-22(23)24;1-2-3-4-5-6-7-8-9-10-11-12-13-14-15-16-17-18(19)20;1-2-3-4-5-6-7-8-9-10-11-12-13-14-15-16(17)18;1-2-3-4-5-6-7-8-9-10-11-12-13-14(15)16/h2-21H2,1H3,(H,23,24);2-17H2,1H3,(H,19,20);2-15H2,1H3,(H,17,18);2-13H2,1H3,(H,15,16). The summed E-state index contributed by atoms with van der Waals surface area (Å²) < 4.78 is 0. The summed E-state index contributed by atoms with van der Waals surface area (Å²) in [5, 5.41) is 34.0. The Morgan fingerprint density at radius 3 is 0.308 bits per heavy atom. The van der Waals surface area contributed by atoms with Gasteiger partial charge in [-0.05, 0) is 25.7 Å². The van der Waals surface area contributed by atoms with Gasteiger partial charge in [0.2, 0.25) is 0 Å². The molecule has 0 amide bonds. The molecule has 0 aliphatic rings. The van der Waals surface area contributed by atoms with E-state index in [0.717, 1.165) is 51.4 Å². The smallest absolute Gasteiger partial charge is 0.303 e. The number of carboxylic acids is 4. The van der Waals surface area contributed by atoms with E-state index in [9.17, 15) is 19.2 Å². The monoisotopic (exact) mass is 1110 g/mol. The first-order valence-electron chi connectivity index (χ1n) is 35.0. The quantitative estimate of drug-likeness (QED) is 0.0440. The normalized spacial score (nSPS) is 10.8. The van der Waals surface area contributed by atoms with Crippen molar-refractivity contribution in [1.29, 1.82) is 0 Å². The first-order chi connectivity index (χ1) is 38.1. The zero-order valence-corrected chi connectivity index (χ0v) is 53.3. The number of carboxylic acid groups (broad SMARTS) is 4. The molecular formula is C70H140O8. The lowest BCUT2D eigenvalue weighted by molar-refractivity contribution is -0.138. The highest BCUT2D eigenvalue weighted by Crippen LogP contribution is 2.18. The topological polar surface area (TPSA) is 149 Å². The van der Waals surface area contributed by atoms with Crippen molar-refractivity contribution >= 4 is 23.9 Å². The minimum Gasteiger partial charge on any atom is -0.481 e. The highest BCUT2D eigenvalue weighted by molar-refractivity contribution is 5.67. The molecule has 0 rings (SSSR count). The molecule has 0 atom stereocenters. The van der Waals surface area contributed by atoms with E-state index in [4.69, 9.17) is 20.4 Å². The van der Waals surface area contributed by atoms with E-state index in [1.807, 2.05) is 0 Å². The van der Waals surface area contributed by atoms with Gasteiger partial charge < -0.3 is 20.4 Å². The van der Waals surface area contributed by atoms with E-state index < -0.39 is 23.9 Å². The van der Waals surface area contributed by atoms with Crippen LogP contribution in [0.3, 0.4) is 0 Å². The third kappa shape index (κ3) is 96.2. The van der Waals surface area contributed by atoms with Crippen LogP contribution in [0.1, 0.15) is 426 Å². The van der Waals surface area contributed by atoms with Gasteiger partial charge in [0, 0.05) is 25.7 Å². The van der Waals surface area contributed by atoms with Crippen molar-refractivity contribution in [3.63, 3.8) is 0 Å². The fraction of sp³-hybridized carbons (Fsp3) is 0.943. The second-order valence-corrected chi connectivity index (χ2v) is 23.7. The third-order valence-corrected chi connectivity index (χ3v) is 15.5. The van der Waals surface area contributed by atoms with E-state index in [2.05, 4.69) is 27.7 Å². The highest BCUT2D eigenvalue weighted by Gasteiger charge is 2.01. The second kappa shape index (κ2) is 79.1. The van der Waals surface area contributed by atoms with Gasteiger partial charge in [0.1, 0.15) is 0 Å². The zero-order chi connectivity index (χ0) is 58.2. The maximum atomic E-state index is 10.4. The molecule has 468 valence electrons. The highest BCUT2D eigenvalue weighted by atomic mass is 16.4. The van der Waals surface area contributed by atoms with Crippen LogP contribution in [0.25, 0.3) is 0 Å². The number of rotatable bonds is 62. The molecule has 0 aliphatic heterocycles. The molecule has 0 aromatic heterocycles. The van der Waals surface area contributed by atoms with Crippen LogP contribution in [-0.2, 0) is 19.2 Å². The molecular weight excluding hydrogens is 969 g/mol. The Morgan fingerprint density at radius 1 is 0.154 bits per heavy atom. The van der Waals surface area contributed by atoms with Crippen molar-refractivity contribution in [2.75, 3.05) is 0 Å². The fourth-order valence-corrected chi connectivity index (χ4v) is 10.2. The molecule has 8 heteroatoms. The first kappa shape index (κ1) is 82.3. The predicted molar refractivity (Wildman–Crippen MR) is 339 cm³/mol. The minimum absolute atomic E-state index is 0.344. The van der Waals surface area contributed by atoms with Crippen molar-refractivity contribution in [1.82, 2.24) is 0 Å². The van der Waals surface area contributed by atoms with Crippen LogP contribution < -0.4 is 0 Å². The maximum Gasteiger partial charge on any atom is 0.303 e. The van der Waals surface area contributed by atoms with Gasteiger partial charge in [0.25, 0.3) is 0 Å². The average Bonchev–Trinajstić information content (AvgIpc) is 3.41. The Labute approximate surface area is 487 Å². The van der Waals surface area contributed by atoms with Crippen molar-refractivity contribution < 1.29 is 39.6 Å². The Bertz CT molecular complexity index is 1130. The molecule has 8 nitrogen and oxygen atoms in total. The molecule has 0 spiro atoms. The van der Waals surface area contributed by atoms with Gasteiger partial charge in [0.05, 0.1) is 0 Å². The lowest BCUT2D eigenvalue weighted by Crippen LogP contribution is -1.93. The van der Waals surface area contributed by atoms with Gasteiger partial charge in [-0.3, -0.25) is 19.2 Å². The first-order valence-corrected chi connectivity index (χ1v) is 35.0. The molecule has 0 saturated heterocycles. The summed E-state index contributed by atoms with van der Waals surface area (Å²) in [6.45, 7) is 9.06. The summed E-state index contributed by atoms with van der Waals surface area (Å²) in [7, 11) is 0. The number of unbranched alkanes of at least 4 members (excludes halogenated alkanes) is 54. The molecule has 0 fully saturated rings. The summed E-state index contributed by atoms with van der Waals surface area (Å²) >= 11 is 0. The molecule has 4 N–H and O–H groups in total. The maximum absolute atomic E-state index is 10.4. The summed E-state index contributed by atoms with van der Waals surface area (Å²) in [4.78, 5) is 41.3. The van der Waals surface area contributed by atoms with Gasteiger partial charge in [-0.25, -0.2) is 0 Å². The fourth-order valence-electron chi connectivity index (χ4n) is 10.2. The Kier molecular flexibility index (Phi) is 83.5. The Balaban J connectivity index is -0.000000473. The molecule has 0 heterocycles. The van der Waals surface area contributed by atoms with Crippen LogP contribution in [0.4, 0.5) is 0 Å². The molecule has 0 bridgehead atoms.